The van der Waals surface area contributed by atoms with Gasteiger partial charge in [-0.3, -0.25) is 9.48 Å². The van der Waals surface area contributed by atoms with E-state index >= 15 is 0 Å². The maximum Gasteiger partial charge on any atom is 0.248 e. The van der Waals surface area contributed by atoms with E-state index in [0.717, 1.165) is 42.8 Å². The predicted octanol–water partition coefficient (Wildman–Crippen LogP) is 1.20. The Labute approximate surface area is 145 Å². The number of carbonyl (C=O) groups excluding carboxylic acids is 1. The molecule has 3 N–H and O–H groups in total. The fourth-order valence-corrected chi connectivity index (χ4v) is 3.51. The van der Waals surface area contributed by atoms with Crippen LogP contribution in [0.5, 0.6) is 0 Å². The molecule has 3 aromatic rings. The molecule has 2 aromatic heterocycles. The summed E-state index contributed by atoms with van der Waals surface area (Å²) in [7, 11) is 0. The second kappa shape index (κ2) is 6.68. The molecule has 130 valence electrons. The van der Waals surface area contributed by atoms with E-state index in [9.17, 15) is 4.79 Å². The average Bonchev–Trinajstić information content (AvgIpc) is 3.32. The van der Waals surface area contributed by atoms with Gasteiger partial charge in [0.2, 0.25) is 5.91 Å². The summed E-state index contributed by atoms with van der Waals surface area (Å²) < 4.78 is 1.81. The third-order valence-electron chi connectivity index (χ3n) is 4.88. The molecule has 1 aliphatic rings. The van der Waals surface area contributed by atoms with E-state index < -0.39 is 5.54 Å². The van der Waals surface area contributed by atoms with Crippen molar-refractivity contribution in [3.8, 4) is 0 Å². The number of aromatic amines is 1. The molecule has 3 heterocycles. The normalized spacial score (nSPS) is 16.8. The first-order chi connectivity index (χ1) is 12.3. The monoisotopic (exact) mass is 338 g/mol. The van der Waals surface area contributed by atoms with Crippen molar-refractivity contribution in [1.29, 1.82) is 0 Å². The lowest BCUT2D eigenvalue weighted by molar-refractivity contribution is -0.131. The van der Waals surface area contributed by atoms with Gasteiger partial charge in [-0.15, -0.1) is 0 Å². The number of piperidine rings is 1. The molecule has 0 spiro atoms. The lowest BCUT2D eigenvalue weighted by Crippen LogP contribution is -2.54. The zero-order valence-corrected chi connectivity index (χ0v) is 14.0. The minimum absolute atomic E-state index is 0.0359. The maximum atomic E-state index is 13.0. The van der Waals surface area contributed by atoms with Crippen molar-refractivity contribution < 1.29 is 4.79 Å². The summed E-state index contributed by atoms with van der Waals surface area (Å²) in [6, 6.07) is 9.81. The van der Waals surface area contributed by atoms with Crippen LogP contribution in [0.1, 0.15) is 18.7 Å². The highest BCUT2D eigenvalue weighted by molar-refractivity contribution is 5.84. The Balaban J connectivity index is 1.43. The Morgan fingerprint density at radius 1 is 1.24 bits per heavy atom. The first-order valence-corrected chi connectivity index (χ1v) is 8.71. The number of aromatic nitrogens is 4. The molecule has 1 fully saturated rings. The zero-order valence-electron chi connectivity index (χ0n) is 14.0. The topological polar surface area (TPSA) is 87.6 Å². The maximum absolute atomic E-state index is 13.0. The molecular formula is C18H22N6O. The van der Waals surface area contributed by atoms with Gasteiger partial charge in [0.1, 0.15) is 11.4 Å². The molecular weight excluding hydrogens is 316 g/mol. The van der Waals surface area contributed by atoms with E-state index in [-0.39, 0.29) is 5.91 Å². The number of hydrogen-bond acceptors (Lipinski definition) is 4. The summed E-state index contributed by atoms with van der Waals surface area (Å²) in [6.45, 7) is 2.18. The van der Waals surface area contributed by atoms with Crippen LogP contribution >= 0.6 is 0 Å². The number of amides is 1. The van der Waals surface area contributed by atoms with Gasteiger partial charge in [-0.25, -0.2) is 4.98 Å². The molecule has 0 saturated carbocycles. The molecule has 0 aliphatic carbocycles. The van der Waals surface area contributed by atoms with Gasteiger partial charge in [0.25, 0.3) is 0 Å². The second-order valence-corrected chi connectivity index (χ2v) is 6.44. The van der Waals surface area contributed by atoms with Crippen molar-refractivity contribution in [3.05, 3.63) is 48.5 Å². The van der Waals surface area contributed by atoms with Gasteiger partial charge in [0.05, 0.1) is 11.0 Å². The van der Waals surface area contributed by atoms with Gasteiger partial charge in [-0.2, -0.15) is 5.10 Å². The number of H-pyrrole nitrogens is 1. The summed E-state index contributed by atoms with van der Waals surface area (Å²) in [5.74, 6) is 0.925. The third kappa shape index (κ3) is 3.02. The number of para-hydroxylation sites is 2. The van der Waals surface area contributed by atoms with Gasteiger partial charge in [0.15, 0.2) is 0 Å². The first-order valence-electron chi connectivity index (χ1n) is 8.71. The van der Waals surface area contributed by atoms with E-state index in [1.807, 2.05) is 41.2 Å². The van der Waals surface area contributed by atoms with Crippen molar-refractivity contribution in [2.45, 2.75) is 24.8 Å². The van der Waals surface area contributed by atoms with E-state index in [1.165, 1.54) is 0 Å². The van der Waals surface area contributed by atoms with E-state index in [0.29, 0.717) is 13.0 Å². The molecule has 1 aromatic carbocycles. The SMILES string of the molecule is O=C(NCCc1nc2ccccc2[nH]1)C1(n2cccn2)CCNCC1. The smallest absolute Gasteiger partial charge is 0.248 e. The van der Waals surface area contributed by atoms with Gasteiger partial charge in [0, 0.05) is 25.4 Å². The minimum atomic E-state index is -0.595. The van der Waals surface area contributed by atoms with Gasteiger partial charge < -0.3 is 15.6 Å². The number of fused-ring (bicyclic) bond motifs is 1. The third-order valence-corrected chi connectivity index (χ3v) is 4.88. The molecule has 0 radical (unpaired) electrons. The number of nitrogens with one attached hydrogen (secondary N) is 3. The van der Waals surface area contributed by atoms with Crippen LogP contribution in [0.25, 0.3) is 11.0 Å². The van der Waals surface area contributed by atoms with Gasteiger partial charge >= 0.3 is 0 Å². The zero-order chi connectivity index (χ0) is 17.1. The Kier molecular flexibility index (Phi) is 4.23. The molecule has 7 heteroatoms. The van der Waals surface area contributed by atoms with Crippen LogP contribution < -0.4 is 10.6 Å². The molecule has 1 aliphatic heterocycles. The van der Waals surface area contributed by atoms with Crippen LogP contribution in [-0.2, 0) is 16.8 Å². The number of carbonyl (C=O) groups is 1. The Morgan fingerprint density at radius 3 is 2.84 bits per heavy atom. The summed E-state index contributed by atoms with van der Waals surface area (Å²) >= 11 is 0. The average molecular weight is 338 g/mol. The number of nitrogens with zero attached hydrogens (tertiary/aromatic N) is 3. The number of imidazole rings is 1. The van der Waals surface area contributed by atoms with Gasteiger partial charge in [-0.05, 0) is 44.1 Å². The lowest BCUT2D eigenvalue weighted by Gasteiger charge is -2.36. The second-order valence-electron chi connectivity index (χ2n) is 6.44. The van der Waals surface area contributed by atoms with E-state index in [2.05, 4.69) is 25.7 Å². The Hall–Kier alpha value is -2.67. The highest BCUT2D eigenvalue weighted by Crippen LogP contribution is 2.27. The van der Waals surface area contributed by atoms with E-state index in [4.69, 9.17) is 0 Å². The van der Waals surface area contributed by atoms with Crippen molar-refractivity contribution in [2.24, 2.45) is 0 Å². The van der Waals surface area contributed by atoms with Crippen LogP contribution in [-0.4, -0.2) is 45.3 Å². The predicted molar refractivity (Wildman–Crippen MR) is 95.1 cm³/mol. The Bertz CT molecular complexity index is 814. The summed E-state index contributed by atoms with van der Waals surface area (Å²) in [5.41, 5.74) is 1.38. The molecule has 0 atom stereocenters. The molecule has 0 bridgehead atoms. The van der Waals surface area contributed by atoms with Crippen LogP contribution in [0.3, 0.4) is 0 Å². The first kappa shape index (κ1) is 15.8. The van der Waals surface area contributed by atoms with Crippen molar-refractivity contribution in [1.82, 2.24) is 30.4 Å². The van der Waals surface area contributed by atoms with Gasteiger partial charge in [-0.1, -0.05) is 12.1 Å². The summed E-state index contributed by atoms with van der Waals surface area (Å²) in [4.78, 5) is 20.8. The summed E-state index contributed by atoms with van der Waals surface area (Å²) in [6.07, 6.45) is 5.76. The lowest BCUT2D eigenvalue weighted by atomic mass is 9.87. The molecule has 1 amide bonds. The van der Waals surface area contributed by atoms with Crippen LogP contribution in [0.15, 0.2) is 42.7 Å². The fraction of sp³-hybridized carbons (Fsp3) is 0.389. The quantitative estimate of drug-likeness (QED) is 0.652. The highest BCUT2D eigenvalue weighted by Gasteiger charge is 2.41. The van der Waals surface area contributed by atoms with Crippen molar-refractivity contribution in [3.63, 3.8) is 0 Å². The molecule has 7 nitrogen and oxygen atoms in total. The number of benzene rings is 1. The van der Waals surface area contributed by atoms with Crippen molar-refractivity contribution in [2.75, 3.05) is 19.6 Å². The van der Waals surface area contributed by atoms with Crippen molar-refractivity contribution >= 4 is 16.9 Å². The molecule has 0 unspecified atom stereocenters. The van der Waals surface area contributed by atoms with E-state index in [1.54, 1.807) is 6.20 Å². The van der Waals surface area contributed by atoms with Crippen LogP contribution in [0.2, 0.25) is 0 Å². The molecule has 25 heavy (non-hydrogen) atoms. The fourth-order valence-electron chi connectivity index (χ4n) is 3.51. The minimum Gasteiger partial charge on any atom is -0.354 e. The van der Waals surface area contributed by atoms with Crippen LogP contribution in [0.4, 0.5) is 0 Å². The number of hydrogen-bond donors (Lipinski definition) is 3. The van der Waals surface area contributed by atoms with Crippen LogP contribution in [0, 0.1) is 0 Å². The molecule has 1 saturated heterocycles. The number of rotatable bonds is 5. The highest BCUT2D eigenvalue weighted by atomic mass is 16.2. The largest absolute Gasteiger partial charge is 0.354 e. The molecule has 4 rings (SSSR count). The standard InChI is InChI=1S/C18H22N6O/c25-17(18(7-11-19-12-8-18)24-13-3-9-21-24)20-10-6-16-22-14-4-1-2-5-15(14)23-16/h1-5,9,13,19H,6-8,10-12H2,(H,20,25)(H,22,23). The summed E-state index contributed by atoms with van der Waals surface area (Å²) in [5, 5.41) is 10.7. The Morgan fingerprint density at radius 2 is 2.08 bits per heavy atom.